The van der Waals surface area contributed by atoms with Gasteiger partial charge in [-0.15, -0.1) is 0 Å². The number of ether oxygens (including phenoxy) is 1. The van der Waals surface area contributed by atoms with E-state index in [1.54, 1.807) is 7.11 Å². The van der Waals surface area contributed by atoms with Crippen LogP contribution >= 0.6 is 0 Å². The summed E-state index contributed by atoms with van der Waals surface area (Å²) in [6.07, 6.45) is 2.51. The maximum absolute atomic E-state index is 11.8. The first-order valence-electron chi connectivity index (χ1n) is 8.15. The first-order valence-corrected chi connectivity index (χ1v) is 8.15. The van der Waals surface area contributed by atoms with Crippen molar-refractivity contribution in [2.45, 2.75) is 25.3 Å². The lowest BCUT2D eigenvalue weighted by Crippen LogP contribution is -2.30. The predicted octanol–water partition coefficient (Wildman–Crippen LogP) is -0.476. The number of methoxy groups -OCH3 is 1. The van der Waals surface area contributed by atoms with Crippen molar-refractivity contribution in [3.8, 4) is 0 Å². The molecule has 0 radical (unpaired) electrons. The normalized spacial score (nSPS) is 20.6. The Labute approximate surface area is 135 Å². The first-order chi connectivity index (χ1) is 11.3. The van der Waals surface area contributed by atoms with Crippen molar-refractivity contribution in [3.63, 3.8) is 0 Å². The molecule has 0 aliphatic carbocycles. The van der Waals surface area contributed by atoms with Crippen LogP contribution in [0.25, 0.3) is 0 Å². The van der Waals surface area contributed by atoms with E-state index in [-0.39, 0.29) is 11.9 Å². The Morgan fingerprint density at radius 1 is 1.26 bits per heavy atom. The first kappa shape index (κ1) is 15.9. The van der Waals surface area contributed by atoms with Crippen molar-refractivity contribution >= 4 is 17.7 Å². The monoisotopic (exact) mass is 320 g/mol. The van der Waals surface area contributed by atoms with Gasteiger partial charge in [0.2, 0.25) is 11.9 Å². The molecule has 0 aromatic carbocycles. The second-order valence-corrected chi connectivity index (χ2v) is 5.77. The van der Waals surface area contributed by atoms with E-state index >= 15 is 0 Å². The van der Waals surface area contributed by atoms with Crippen molar-refractivity contribution in [2.75, 3.05) is 50.5 Å². The molecule has 1 aromatic rings. The van der Waals surface area contributed by atoms with Crippen LogP contribution in [0.5, 0.6) is 0 Å². The number of hydrogen-bond donors (Lipinski definition) is 4. The fourth-order valence-electron chi connectivity index (χ4n) is 2.91. The standard InChI is InChI=1S/C15H24N6O2/c1-23-9-8-18-15-20-11-3-6-16-5-2-10(11)13(21-15)19-12-4-7-17-14(12)22/h12,16H,2-9H2,1H3,(H,17,22)(H2,18,19,20,21). The van der Waals surface area contributed by atoms with Gasteiger partial charge in [0.1, 0.15) is 11.9 Å². The van der Waals surface area contributed by atoms with Crippen molar-refractivity contribution in [1.82, 2.24) is 20.6 Å². The van der Waals surface area contributed by atoms with Crippen LogP contribution in [0.3, 0.4) is 0 Å². The molecule has 1 aromatic heterocycles. The second-order valence-electron chi connectivity index (χ2n) is 5.77. The van der Waals surface area contributed by atoms with E-state index in [9.17, 15) is 4.79 Å². The number of hydrogen-bond acceptors (Lipinski definition) is 7. The van der Waals surface area contributed by atoms with Crippen molar-refractivity contribution in [1.29, 1.82) is 0 Å². The van der Waals surface area contributed by atoms with Gasteiger partial charge in [0, 0.05) is 38.7 Å². The van der Waals surface area contributed by atoms with Gasteiger partial charge in [-0.05, 0) is 19.4 Å². The molecular formula is C15H24N6O2. The molecule has 0 spiro atoms. The zero-order valence-electron chi connectivity index (χ0n) is 13.4. The molecular weight excluding hydrogens is 296 g/mol. The molecule has 1 amide bonds. The van der Waals surface area contributed by atoms with Gasteiger partial charge in [-0.3, -0.25) is 4.79 Å². The molecule has 8 heteroatoms. The summed E-state index contributed by atoms with van der Waals surface area (Å²) in [5.74, 6) is 1.40. The lowest BCUT2D eigenvalue weighted by Gasteiger charge is -2.17. The van der Waals surface area contributed by atoms with Crippen LogP contribution in [0.2, 0.25) is 0 Å². The highest BCUT2D eigenvalue weighted by Gasteiger charge is 2.26. The summed E-state index contributed by atoms with van der Waals surface area (Å²) in [5, 5.41) is 12.7. The highest BCUT2D eigenvalue weighted by atomic mass is 16.5. The summed E-state index contributed by atoms with van der Waals surface area (Å²) in [4.78, 5) is 21.1. The van der Waals surface area contributed by atoms with Crippen molar-refractivity contribution in [2.24, 2.45) is 0 Å². The number of nitrogens with one attached hydrogen (secondary N) is 4. The van der Waals surface area contributed by atoms with Crippen LogP contribution < -0.4 is 21.3 Å². The van der Waals surface area contributed by atoms with Crippen LogP contribution in [0.4, 0.5) is 11.8 Å². The van der Waals surface area contributed by atoms with E-state index in [2.05, 4.69) is 31.2 Å². The number of carbonyl (C=O) groups is 1. The molecule has 3 rings (SSSR count). The average molecular weight is 320 g/mol. The summed E-state index contributed by atoms with van der Waals surface area (Å²) in [5.41, 5.74) is 2.16. The van der Waals surface area contributed by atoms with E-state index in [4.69, 9.17) is 4.74 Å². The molecule has 2 aliphatic heterocycles. The zero-order valence-corrected chi connectivity index (χ0v) is 13.4. The van der Waals surface area contributed by atoms with E-state index in [0.29, 0.717) is 25.6 Å². The molecule has 126 valence electrons. The minimum absolute atomic E-state index is 0.0398. The number of aromatic nitrogens is 2. The summed E-state index contributed by atoms with van der Waals surface area (Å²) in [6, 6.07) is -0.211. The summed E-state index contributed by atoms with van der Waals surface area (Å²) < 4.78 is 5.05. The number of fused-ring (bicyclic) bond motifs is 1. The number of carbonyl (C=O) groups excluding carboxylic acids is 1. The Morgan fingerprint density at radius 2 is 2.13 bits per heavy atom. The number of amides is 1. The highest BCUT2D eigenvalue weighted by molar-refractivity contribution is 5.86. The van der Waals surface area contributed by atoms with Crippen LogP contribution in [-0.4, -0.2) is 61.8 Å². The molecule has 1 atom stereocenters. The number of anilines is 2. The van der Waals surface area contributed by atoms with Gasteiger partial charge in [0.25, 0.3) is 0 Å². The zero-order chi connectivity index (χ0) is 16.1. The second kappa shape index (κ2) is 7.56. The largest absolute Gasteiger partial charge is 0.383 e. The molecule has 0 bridgehead atoms. The Kier molecular flexibility index (Phi) is 5.24. The van der Waals surface area contributed by atoms with Crippen LogP contribution in [0, 0.1) is 0 Å². The van der Waals surface area contributed by atoms with E-state index < -0.39 is 0 Å². The SMILES string of the molecule is COCCNc1nc2c(c(NC3CCNC3=O)n1)CCNCC2. The molecule has 0 saturated carbocycles. The van der Waals surface area contributed by atoms with E-state index in [1.807, 2.05) is 0 Å². The Hall–Kier alpha value is -1.93. The van der Waals surface area contributed by atoms with Gasteiger partial charge >= 0.3 is 0 Å². The predicted molar refractivity (Wildman–Crippen MR) is 87.7 cm³/mol. The molecule has 1 fully saturated rings. The van der Waals surface area contributed by atoms with Gasteiger partial charge in [0.15, 0.2) is 0 Å². The van der Waals surface area contributed by atoms with Gasteiger partial charge in [-0.1, -0.05) is 0 Å². The molecule has 4 N–H and O–H groups in total. The Morgan fingerprint density at radius 3 is 2.91 bits per heavy atom. The lowest BCUT2D eigenvalue weighted by atomic mass is 10.1. The smallest absolute Gasteiger partial charge is 0.242 e. The van der Waals surface area contributed by atoms with Gasteiger partial charge in [-0.25, -0.2) is 4.98 Å². The minimum atomic E-state index is -0.211. The quantitative estimate of drug-likeness (QED) is 0.526. The maximum Gasteiger partial charge on any atom is 0.242 e. The Bertz CT molecular complexity index is 565. The molecule has 1 unspecified atom stereocenters. The Balaban J connectivity index is 1.84. The highest BCUT2D eigenvalue weighted by Crippen LogP contribution is 2.23. The molecule has 23 heavy (non-hydrogen) atoms. The van der Waals surface area contributed by atoms with Crippen molar-refractivity contribution in [3.05, 3.63) is 11.3 Å². The average Bonchev–Trinajstić information content (AvgIpc) is 2.81. The fraction of sp³-hybridized carbons (Fsp3) is 0.667. The number of nitrogens with zero attached hydrogens (tertiary/aromatic N) is 2. The van der Waals surface area contributed by atoms with E-state index in [1.165, 1.54) is 0 Å². The molecule has 8 nitrogen and oxygen atoms in total. The van der Waals surface area contributed by atoms with E-state index in [0.717, 1.165) is 49.4 Å². The summed E-state index contributed by atoms with van der Waals surface area (Å²) >= 11 is 0. The lowest BCUT2D eigenvalue weighted by molar-refractivity contribution is -0.119. The third kappa shape index (κ3) is 3.89. The molecule has 3 heterocycles. The van der Waals surface area contributed by atoms with Crippen LogP contribution in [0.15, 0.2) is 0 Å². The topological polar surface area (TPSA) is 100 Å². The van der Waals surface area contributed by atoms with Crippen molar-refractivity contribution < 1.29 is 9.53 Å². The third-order valence-corrected chi connectivity index (χ3v) is 4.13. The van der Waals surface area contributed by atoms with Crippen LogP contribution in [0.1, 0.15) is 17.7 Å². The maximum atomic E-state index is 11.8. The number of rotatable bonds is 6. The molecule has 1 saturated heterocycles. The van der Waals surface area contributed by atoms with Gasteiger partial charge in [-0.2, -0.15) is 4.98 Å². The minimum Gasteiger partial charge on any atom is -0.383 e. The third-order valence-electron chi connectivity index (χ3n) is 4.13. The van der Waals surface area contributed by atoms with Gasteiger partial charge in [0.05, 0.1) is 12.3 Å². The summed E-state index contributed by atoms with van der Waals surface area (Å²) in [6.45, 7) is 3.76. The van der Waals surface area contributed by atoms with Gasteiger partial charge < -0.3 is 26.0 Å². The fourth-order valence-corrected chi connectivity index (χ4v) is 2.91. The summed E-state index contributed by atoms with van der Waals surface area (Å²) in [7, 11) is 1.66. The molecule has 2 aliphatic rings. The van der Waals surface area contributed by atoms with Crippen LogP contribution in [-0.2, 0) is 22.4 Å².